The Morgan fingerprint density at radius 2 is 1.85 bits per heavy atom. The molecule has 7 heteroatoms. The highest BCUT2D eigenvalue weighted by molar-refractivity contribution is 6.30. The van der Waals surface area contributed by atoms with Crippen LogP contribution in [-0.2, 0) is 6.54 Å². The zero-order chi connectivity index (χ0) is 18.4. The van der Waals surface area contributed by atoms with Gasteiger partial charge in [0.25, 0.3) is 0 Å². The molecule has 2 aromatic carbocycles. The molecule has 0 aliphatic heterocycles. The Labute approximate surface area is 157 Å². The quantitative estimate of drug-likeness (QED) is 0.638. The summed E-state index contributed by atoms with van der Waals surface area (Å²) in [6.45, 7) is 0.557. The molecule has 26 heavy (non-hydrogen) atoms. The monoisotopic (exact) mass is 370 g/mol. The minimum atomic E-state index is 0.520. The Morgan fingerprint density at radius 3 is 2.62 bits per heavy atom. The van der Waals surface area contributed by atoms with Gasteiger partial charge in [0.1, 0.15) is 5.82 Å². The molecule has 0 saturated heterocycles. The third kappa shape index (κ3) is 4.55. The van der Waals surface area contributed by atoms with Gasteiger partial charge in [0.2, 0.25) is 5.95 Å². The van der Waals surface area contributed by atoms with Gasteiger partial charge in [-0.2, -0.15) is 4.98 Å². The van der Waals surface area contributed by atoms with E-state index in [1.165, 1.54) is 0 Å². The van der Waals surface area contributed by atoms with Gasteiger partial charge in [-0.15, -0.1) is 0 Å². The molecule has 3 aromatic rings. The van der Waals surface area contributed by atoms with Crippen LogP contribution in [0.15, 0.2) is 54.7 Å². The van der Waals surface area contributed by atoms with Crippen LogP contribution in [-0.4, -0.2) is 24.2 Å². The van der Waals surface area contributed by atoms with Gasteiger partial charge in [-0.1, -0.05) is 23.7 Å². The molecule has 6 nitrogen and oxygen atoms in total. The molecule has 0 unspecified atom stereocenters. The lowest BCUT2D eigenvalue weighted by Crippen LogP contribution is -2.05. The van der Waals surface area contributed by atoms with Gasteiger partial charge >= 0.3 is 0 Å². The topological polar surface area (TPSA) is 68.3 Å². The maximum Gasteiger partial charge on any atom is 0.224 e. The van der Waals surface area contributed by atoms with E-state index in [-0.39, 0.29) is 0 Å². The molecule has 0 atom stereocenters. The molecule has 3 rings (SSSR count). The zero-order valence-corrected chi connectivity index (χ0v) is 15.2. The number of nitrogens with zero attached hydrogens (tertiary/aromatic N) is 2. The summed E-state index contributed by atoms with van der Waals surface area (Å²) in [7, 11) is 3.23. The summed E-state index contributed by atoms with van der Waals surface area (Å²) in [5, 5.41) is 7.07. The van der Waals surface area contributed by atoms with Crippen molar-refractivity contribution in [1.29, 1.82) is 0 Å². The molecule has 0 aliphatic carbocycles. The van der Waals surface area contributed by atoms with Crippen LogP contribution in [0.1, 0.15) is 5.56 Å². The number of benzene rings is 2. The number of methoxy groups -OCH3 is 2. The highest BCUT2D eigenvalue weighted by Crippen LogP contribution is 2.27. The lowest BCUT2D eigenvalue weighted by atomic mass is 10.2. The molecule has 0 bridgehead atoms. The van der Waals surface area contributed by atoms with Crippen LogP contribution < -0.4 is 20.1 Å². The summed E-state index contributed by atoms with van der Waals surface area (Å²) >= 11 is 6.00. The summed E-state index contributed by atoms with van der Waals surface area (Å²) < 4.78 is 10.6. The summed E-state index contributed by atoms with van der Waals surface area (Å²) in [6, 6.07) is 15.0. The van der Waals surface area contributed by atoms with Crippen molar-refractivity contribution < 1.29 is 9.47 Å². The molecule has 1 aromatic heterocycles. The summed E-state index contributed by atoms with van der Waals surface area (Å²) in [5.74, 6) is 2.58. The number of ether oxygens (including phenoxy) is 2. The first kappa shape index (κ1) is 17.8. The van der Waals surface area contributed by atoms with Gasteiger partial charge in [-0.05, 0) is 42.0 Å². The first-order chi connectivity index (χ1) is 12.7. The second-order valence-corrected chi connectivity index (χ2v) is 5.88. The third-order valence-corrected chi connectivity index (χ3v) is 3.89. The van der Waals surface area contributed by atoms with Gasteiger partial charge in [0.05, 0.1) is 14.2 Å². The molecule has 0 fully saturated rings. The standard InChI is InChI=1S/C19H19ClN4O2/c1-25-16-7-6-13(10-17(16)26-2)12-22-19-21-9-8-18(24-19)23-15-5-3-4-14(20)11-15/h3-11H,12H2,1-2H3,(H2,21,22,23,24). The predicted molar refractivity (Wildman–Crippen MR) is 104 cm³/mol. The summed E-state index contributed by atoms with van der Waals surface area (Å²) in [6.07, 6.45) is 1.69. The highest BCUT2D eigenvalue weighted by Gasteiger charge is 2.05. The molecular formula is C19H19ClN4O2. The first-order valence-corrected chi connectivity index (χ1v) is 8.36. The van der Waals surface area contributed by atoms with Gasteiger partial charge < -0.3 is 20.1 Å². The second kappa shape index (κ2) is 8.40. The average molecular weight is 371 g/mol. The van der Waals surface area contributed by atoms with E-state index in [0.717, 1.165) is 11.3 Å². The molecular weight excluding hydrogens is 352 g/mol. The minimum absolute atomic E-state index is 0.520. The van der Waals surface area contributed by atoms with Crippen LogP contribution >= 0.6 is 11.6 Å². The number of hydrogen-bond donors (Lipinski definition) is 2. The van der Waals surface area contributed by atoms with Crippen molar-refractivity contribution in [3.05, 3.63) is 65.3 Å². The number of halogens is 1. The molecule has 0 spiro atoms. The second-order valence-electron chi connectivity index (χ2n) is 5.44. The predicted octanol–water partition coefficient (Wildman–Crippen LogP) is 4.50. The molecule has 1 heterocycles. The van der Waals surface area contributed by atoms with Crippen LogP contribution in [0, 0.1) is 0 Å². The van der Waals surface area contributed by atoms with Crippen molar-refractivity contribution in [2.45, 2.75) is 6.54 Å². The fourth-order valence-electron chi connectivity index (χ4n) is 2.40. The van der Waals surface area contributed by atoms with Crippen LogP contribution in [0.2, 0.25) is 5.02 Å². The zero-order valence-electron chi connectivity index (χ0n) is 14.5. The Kier molecular flexibility index (Phi) is 5.76. The van der Waals surface area contributed by atoms with Crippen LogP contribution in [0.3, 0.4) is 0 Å². The number of rotatable bonds is 7. The Hall–Kier alpha value is -2.99. The van der Waals surface area contributed by atoms with Gasteiger partial charge in [0, 0.05) is 23.5 Å². The van der Waals surface area contributed by atoms with E-state index in [1.54, 1.807) is 26.5 Å². The van der Waals surface area contributed by atoms with E-state index in [4.69, 9.17) is 21.1 Å². The molecule has 0 saturated carbocycles. The van der Waals surface area contributed by atoms with Crippen LogP contribution in [0.25, 0.3) is 0 Å². The number of anilines is 3. The Balaban J connectivity index is 1.67. The highest BCUT2D eigenvalue weighted by atomic mass is 35.5. The molecule has 134 valence electrons. The van der Waals surface area contributed by atoms with E-state index in [0.29, 0.717) is 34.8 Å². The molecule has 2 N–H and O–H groups in total. The average Bonchev–Trinajstić information content (AvgIpc) is 2.66. The first-order valence-electron chi connectivity index (χ1n) is 7.98. The molecule has 0 aliphatic rings. The number of nitrogens with one attached hydrogen (secondary N) is 2. The van der Waals surface area contributed by atoms with E-state index in [2.05, 4.69) is 20.6 Å². The minimum Gasteiger partial charge on any atom is -0.493 e. The fraction of sp³-hybridized carbons (Fsp3) is 0.158. The van der Waals surface area contributed by atoms with E-state index >= 15 is 0 Å². The van der Waals surface area contributed by atoms with Crippen molar-refractivity contribution >= 4 is 29.1 Å². The van der Waals surface area contributed by atoms with Gasteiger partial charge in [-0.25, -0.2) is 4.98 Å². The van der Waals surface area contributed by atoms with Crippen LogP contribution in [0.5, 0.6) is 11.5 Å². The third-order valence-electron chi connectivity index (χ3n) is 3.65. The maximum absolute atomic E-state index is 6.00. The van der Waals surface area contributed by atoms with Gasteiger partial charge in [-0.3, -0.25) is 0 Å². The fourth-order valence-corrected chi connectivity index (χ4v) is 2.59. The van der Waals surface area contributed by atoms with E-state index < -0.39 is 0 Å². The van der Waals surface area contributed by atoms with Crippen molar-refractivity contribution in [2.24, 2.45) is 0 Å². The largest absolute Gasteiger partial charge is 0.493 e. The van der Waals surface area contributed by atoms with Crippen molar-refractivity contribution in [2.75, 3.05) is 24.9 Å². The Morgan fingerprint density at radius 1 is 1.00 bits per heavy atom. The van der Waals surface area contributed by atoms with E-state index in [1.807, 2.05) is 42.5 Å². The maximum atomic E-state index is 6.00. The smallest absolute Gasteiger partial charge is 0.224 e. The summed E-state index contributed by atoms with van der Waals surface area (Å²) in [5.41, 5.74) is 1.89. The van der Waals surface area contributed by atoms with Gasteiger partial charge in [0.15, 0.2) is 11.5 Å². The van der Waals surface area contributed by atoms with Crippen molar-refractivity contribution in [1.82, 2.24) is 9.97 Å². The lowest BCUT2D eigenvalue weighted by molar-refractivity contribution is 0.354. The number of aromatic nitrogens is 2. The number of hydrogen-bond acceptors (Lipinski definition) is 6. The van der Waals surface area contributed by atoms with E-state index in [9.17, 15) is 0 Å². The lowest BCUT2D eigenvalue weighted by Gasteiger charge is -2.11. The summed E-state index contributed by atoms with van der Waals surface area (Å²) in [4.78, 5) is 8.70. The molecule has 0 radical (unpaired) electrons. The SMILES string of the molecule is COc1ccc(CNc2nccc(Nc3cccc(Cl)c3)n2)cc1OC. The molecule has 0 amide bonds. The van der Waals surface area contributed by atoms with Crippen molar-refractivity contribution in [3.8, 4) is 11.5 Å². The van der Waals surface area contributed by atoms with Crippen LogP contribution in [0.4, 0.5) is 17.5 Å². The Bertz CT molecular complexity index is 889. The van der Waals surface area contributed by atoms with Crippen molar-refractivity contribution in [3.63, 3.8) is 0 Å². The normalized spacial score (nSPS) is 10.3.